The molecule has 1 fully saturated rings. The Hall–Kier alpha value is -1.34. The third-order valence-electron chi connectivity index (χ3n) is 4.13. The summed E-state index contributed by atoms with van der Waals surface area (Å²) in [7, 11) is 0. The Morgan fingerprint density at radius 3 is 2.91 bits per heavy atom. The van der Waals surface area contributed by atoms with Crippen molar-refractivity contribution in [3.8, 4) is 10.7 Å². The molecule has 0 aliphatic heterocycles. The van der Waals surface area contributed by atoms with Crippen LogP contribution >= 0.6 is 23.1 Å². The van der Waals surface area contributed by atoms with E-state index in [0.717, 1.165) is 35.2 Å². The van der Waals surface area contributed by atoms with Crippen molar-refractivity contribution in [3.63, 3.8) is 0 Å². The lowest BCUT2D eigenvalue weighted by Gasteiger charge is -2.16. The molecule has 0 aromatic carbocycles. The predicted molar refractivity (Wildman–Crippen MR) is 94.7 cm³/mol. The van der Waals surface area contributed by atoms with Gasteiger partial charge in [0.1, 0.15) is 0 Å². The second-order valence-electron chi connectivity index (χ2n) is 5.78. The average Bonchev–Trinajstić information content (AvgIpc) is 3.28. The molecule has 1 aliphatic carbocycles. The van der Waals surface area contributed by atoms with Crippen LogP contribution in [0.1, 0.15) is 39.5 Å². The molecule has 7 heteroatoms. The lowest BCUT2D eigenvalue weighted by molar-refractivity contribution is -0.120. The highest BCUT2D eigenvalue weighted by molar-refractivity contribution is 8.00. The van der Waals surface area contributed by atoms with Crippen LogP contribution in [0.4, 0.5) is 0 Å². The van der Waals surface area contributed by atoms with E-state index < -0.39 is 0 Å². The van der Waals surface area contributed by atoms with Gasteiger partial charge >= 0.3 is 0 Å². The summed E-state index contributed by atoms with van der Waals surface area (Å²) in [5.74, 6) is 0.985. The molecule has 2 aromatic rings. The van der Waals surface area contributed by atoms with Gasteiger partial charge in [0.05, 0.1) is 10.1 Å². The Morgan fingerprint density at radius 2 is 2.26 bits per heavy atom. The van der Waals surface area contributed by atoms with Gasteiger partial charge in [0.25, 0.3) is 0 Å². The van der Waals surface area contributed by atoms with Crippen molar-refractivity contribution in [1.82, 2.24) is 20.1 Å². The van der Waals surface area contributed by atoms with Crippen molar-refractivity contribution in [2.75, 3.05) is 0 Å². The molecule has 1 amide bonds. The van der Waals surface area contributed by atoms with E-state index in [0.29, 0.717) is 6.04 Å². The second-order valence-corrected chi connectivity index (χ2v) is 8.03. The number of rotatable bonds is 6. The van der Waals surface area contributed by atoms with Crippen molar-refractivity contribution in [3.05, 3.63) is 17.5 Å². The van der Waals surface area contributed by atoms with E-state index in [9.17, 15) is 4.79 Å². The maximum Gasteiger partial charge on any atom is 0.233 e. The molecule has 1 N–H and O–H groups in total. The fourth-order valence-electron chi connectivity index (χ4n) is 2.85. The molecule has 1 aliphatic rings. The minimum absolute atomic E-state index is 0.102. The maximum absolute atomic E-state index is 12.4. The van der Waals surface area contributed by atoms with Crippen LogP contribution in [0.3, 0.4) is 0 Å². The van der Waals surface area contributed by atoms with Gasteiger partial charge in [-0.05, 0) is 38.1 Å². The Balaban J connectivity index is 1.68. The number of carbonyl (C=O) groups excluding carboxylic acids is 1. The number of nitrogens with zero attached hydrogens (tertiary/aromatic N) is 3. The first kappa shape index (κ1) is 16.5. The first-order valence-electron chi connectivity index (χ1n) is 8.13. The summed E-state index contributed by atoms with van der Waals surface area (Å²) in [6.07, 6.45) is 4.66. The topological polar surface area (TPSA) is 59.8 Å². The van der Waals surface area contributed by atoms with E-state index in [1.165, 1.54) is 24.6 Å². The van der Waals surface area contributed by atoms with Gasteiger partial charge in [0.15, 0.2) is 11.0 Å². The van der Waals surface area contributed by atoms with Crippen LogP contribution in [0, 0.1) is 0 Å². The molecule has 1 saturated carbocycles. The highest BCUT2D eigenvalue weighted by Crippen LogP contribution is 2.29. The molecule has 2 aromatic heterocycles. The summed E-state index contributed by atoms with van der Waals surface area (Å²) < 4.78 is 2.08. The van der Waals surface area contributed by atoms with E-state index in [1.54, 1.807) is 11.3 Å². The van der Waals surface area contributed by atoms with Crippen molar-refractivity contribution in [2.45, 2.75) is 62.5 Å². The highest BCUT2D eigenvalue weighted by atomic mass is 32.2. The van der Waals surface area contributed by atoms with Crippen LogP contribution in [-0.2, 0) is 11.3 Å². The van der Waals surface area contributed by atoms with E-state index >= 15 is 0 Å². The molecule has 3 rings (SSSR count). The van der Waals surface area contributed by atoms with E-state index in [2.05, 4.69) is 27.0 Å². The van der Waals surface area contributed by atoms with Crippen LogP contribution < -0.4 is 5.32 Å². The van der Waals surface area contributed by atoms with Gasteiger partial charge in [0.2, 0.25) is 5.91 Å². The van der Waals surface area contributed by atoms with Gasteiger partial charge < -0.3 is 9.88 Å². The summed E-state index contributed by atoms with van der Waals surface area (Å²) >= 11 is 3.14. The molecule has 23 heavy (non-hydrogen) atoms. The summed E-state index contributed by atoms with van der Waals surface area (Å²) in [6, 6.07) is 4.42. The first-order chi connectivity index (χ1) is 11.2. The van der Waals surface area contributed by atoms with Crippen LogP contribution in [-0.4, -0.2) is 32.0 Å². The van der Waals surface area contributed by atoms with Crippen LogP contribution in [0.25, 0.3) is 10.7 Å². The molecular formula is C16H22N4OS2. The number of thioether (sulfide) groups is 1. The summed E-state index contributed by atoms with van der Waals surface area (Å²) in [5.41, 5.74) is 0. The van der Waals surface area contributed by atoms with Crippen molar-refractivity contribution < 1.29 is 4.79 Å². The fraction of sp³-hybridized carbons (Fsp3) is 0.562. The summed E-state index contributed by atoms with van der Waals surface area (Å²) in [6.45, 7) is 4.81. The third-order valence-corrected chi connectivity index (χ3v) is 6.07. The van der Waals surface area contributed by atoms with Crippen molar-refractivity contribution in [1.29, 1.82) is 0 Å². The van der Waals surface area contributed by atoms with Gasteiger partial charge in [0, 0.05) is 12.6 Å². The number of hydrogen-bond donors (Lipinski definition) is 1. The molecular weight excluding hydrogens is 328 g/mol. The lowest BCUT2D eigenvalue weighted by atomic mass is 10.2. The Bertz CT molecular complexity index is 647. The molecule has 124 valence electrons. The summed E-state index contributed by atoms with van der Waals surface area (Å²) in [5, 5.41) is 14.5. The minimum atomic E-state index is -0.165. The smallest absolute Gasteiger partial charge is 0.233 e. The Labute approximate surface area is 144 Å². The van der Waals surface area contributed by atoms with Gasteiger partial charge in [-0.15, -0.1) is 21.5 Å². The van der Waals surface area contributed by atoms with E-state index in [-0.39, 0.29) is 11.2 Å². The fourth-order valence-corrected chi connectivity index (χ4v) is 4.49. The van der Waals surface area contributed by atoms with Crippen LogP contribution in [0.2, 0.25) is 0 Å². The van der Waals surface area contributed by atoms with Gasteiger partial charge in [-0.25, -0.2) is 0 Å². The predicted octanol–water partition coefficient (Wildman–Crippen LogP) is 3.57. The molecule has 0 saturated heterocycles. The largest absolute Gasteiger partial charge is 0.352 e. The number of carbonyl (C=O) groups is 1. The van der Waals surface area contributed by atoms with Gasteiger partial charge in [-0.2, -0.15) is 0 Å². The molecule has 0 bridgehead atoms. The zero-order valence-corrected chi connectivity index (χ0v) is 15.1. The first-order valence-corrected chi connectivity index (χ1v) is 9.89. The normalized spacial score (nSPS) is 16.6. The Kier molecular flexibility index (Phi) is 5.38. The number of thiophene rings is 1. The zero-order chi connectivity index (χ0) is 16.2. The second kappa shape index (κ2) is 7.49. The zero-order valence-electron chi connectivity index (χ0n) is 13.5. The quantitative estimate of drug-likeness (QED) is 0.809. The monoisotopic (exact) mass is 350 g/mol. The maximum atomic E-state index is 12.4. The number of nitrogens with one attached hydrogen (secondary N) is 1. The molecule has 0 unspecified atom stereocenters. The molecule has 5 nitrogen and oxygen atoms in total. The van der Waals surface area contributed by atoms with Crippen molar-refractivity contribution >= 4 is 29.0 Å². The highest BCUT2D eigenvalue weighted by Gasteiger charge is 2.23. The van der Waals surface area contributed by atoms with E-state index in [4.69, 9.17) is 0 Å². The molecule has 0 radical (unpaired) electrons. The van der Waals surface area contributed by atoms with Gasteiger partial charge in [-0.3, -0.25) is 4.79 Å². The SMILES string of the molecule is CCn1c(S[C@H](C)C(=O)NC2CCCC2)nnc1-c1cccs1. The molecule has 2 heterocycles. The van der Waals surface area contributed by atoms with E-state index in [1.807, 2.05) is 24.4 Å². The Morgan fingerprint density at radius 1 is 1.48 bits per heavy atom. The number of aromatic nitrogens is 3. The standard InChI is InChI=1S/C16H22N4OS2/c1-3-20-14(13-9-6-10-22-13)18-19-16(20)23-11(2)15(21)17-12-7-4-5-8-12/h6,9-12H,3-5,7-8H2,1-2H3,(H,17,21)/t11-/m1/s1. The summed E-state index contributed by atoms with van der Waals surface area (Å²) in [4.78, 5) is 13.5. The van der Waals surface area contributed by atoms with Gasteiger partial charge in [-0.1, -0.05) is 30.7 Å². The number of amides is 1. The third kappa shape index (κ3) is 3.77. The lowest BCUT2D eigenvalue weighted by Crippen LogP contribution is -2.37. The van der Waals surface area contributed by atoms with Crippen molar-refractivity contribution in [2.24, 2.45) is 0 Å². The molecule has 1 atom stereocenters. The number of hydrogen-bond acceptors (Lipinski definition) is 5. The minimum Gasteiger partial charge on any atom is -0.352 e. The van der Waals surface area contributed by atoms with Crippen LogP contribution in [0.15, 0.2) is 22.7 Å². The van der Waals surface area contributed by atoms with Crippen LogP contribution in [0.5, 0.6) is 0 Å². The molecule has 0 spiro atoms. The average molecular weight is 351 g/mol.